The maximum Gasteiger partial charge on any atom is 0.338 e. The number of hydrogen-bond donors (Lipinski definition) is 1. The molecule has 1 saturated carbocycles. The van der Waals surface area contributed by atoms with Crippen LogP contribution < -0.4 is 5.32 Å². The molecule has 1 N–H and O–H groups in total. The number of amides is 1. The molecular weight excluding hydrogens is 282 g/mol. The SMILES string of the molecule is CCOC(=O)c1ccnc(CN2CC(=O)NCC3(CC3)C2)c1. The van der Waals surface area contributed by atoms with Crippen LogP contribution in [0.15, 0.2) is 18.3 Å². The maximum absolute atomic E-state index is 11.8. The molecule has 1 spiro atoms. The van der Waals surface area contributed by atoms with Gasteiger partial charge in [0.25, 0.3) is 0 Å². The highest BCUT2D eigenvalue weighted by Gasteiger charge is 2.45. The number of pyridine rings is 1. The lowest BCUT2D eigenvalue weighted by Crippen LogP contribution is -2.33. The van der Waals surface area contributed by atoms with Crippen LogP contribution in [0.25, 0.3) is 0 Å². The Labute approximate surface area is 129 Å². The monoisotopic (exact) mass is 303 g/mol. The molecule has 2 fully saturated rings. The lowest BCUT2D eigenvalue weighted by molar-refractivity contribution is -0.121. The zero-order chi connectivity index (χ0) is 15.6. The van der Waals surface area contributed by atoms with Crippen molar-refractivity contribution in [2.24, 2.45) is 5.41 Å². The van der Waals surface area contributed by atoms with Gasteiger partial charge < -0.3 is 10.1 Å². The Morgan fingerprint density at radius 1 is 1.50 bits per heavy atom. The summed E-state index contributed by atoms with van der Waals surface area (Å²) in [6.45, 7) is 4.77. The Kier molecular flexibility index (Phi) is 4.11. The number of hydrogen-bond acceptors (Lipinski definition) is 5. The van der Waals surface area contributed by atoms with Crippen molar-refractivity contribution < 1.29 is 14.3 Å². The Morgan fingerprint density at radius 2 is 2.32 bits per heavy atom. The number of esters is 1. The lowest BCUT2D eigenvalue weighted by atomic mass is 10.1. The summed E-state index contributed by atoms with van der Waals surface area (Å²) in [7, 11) is 0. The normalized spacial score (nSPS) is 20.3. The van der Waals surface area contributed by atoms with E-state index in [0.717, 1.165) is 18.8 Å². The molecule has 0 radical (unpaired) electrons. The van der Waals surface area contributed by atoms with Crippen LogP contribution >= 0.6 is 0 Å². The van der Waals surface area contributed by atoms with Gasteiger partial charge in [-0.1, -0.05) is 0 Å². The smallest absolute Gasteiger partial charge is 0.338 e. The summed E-state index contributed by atoms with van der Waals surface area (Å²) in [6, 6.07) is 3.40. The molecule has 6 heteroatoms. The first-order valence-electron chi connectivity index (χ1n) is 7.71. The minimum absolute atomic E-state index is 0.0605. The number of nitrogens with one attached hydrogen (secondary N) is 1. The van der Waals surface area contributed by atoms with E-state index in [-0.39, 0.29) is 17.3 Å². The summed E-state index contributed by atoms with van der Waals surface area (Å²) in [5.74, 6) is -0.274. The van der Waals surface area contributed by atoms with E-state index in [1.165, 1.54) is 12.8 Å². The largest absolute Gasteiger partial charge is 0.462 e. The van der Waals surface area contributed by atoms with Gasteiger partial charge in [0, 0.05) is 31.2 Å². The summed E-state index contributed by atoms with van der Waals surface area (Å²) in [4.78, 5) is 30.0. The van der Waals surface area contributed by atoms with Gasteiger partial charge in [0.1, 0.15) is 0 Å². The Morgan fingerprint density at radius 3 is 3.05 bits per heavy atom. The second-order valence-electron chi connectivity index (χ2n) is 6.18. The van der Waals surface area contributed by atoms with Crippen molar-refractivity contribution in [2.45, 2.75) is 26.3 Å². The molecule has 1 aliphatic heterocycles. The second kappa shape index (κ2) is 6.04. The average Bonchev–Trinajstić information content (AvgIpc) is 3.27. The van der Waals surface area contributed by atoms with Crippen LogP contribution in [0.5, 0.6) is 0 Å². The molecule has 0 bridgehead atoms. The van der Waals surface area contributed by atoms with Gasteiger partial charge in [0.2, 0.25) is 5.91 Å². The molecule has 1 aromatic heterocycles. The third-order valence-corrected chi connectivity index (χ3v) is 4.26. The van der Waals surface area contributed by atoms with Crippen LogP contribution in [0.1, 0.15) is 35.8 Å². The molecule has 1 aliphatic carbocycles. The fourth-order valence-electron chi connectivity index (χ4n) is 2.89. The summed E-state index contributed by atoms with van der Waals surface area (Å²) in [6.07, 6.45) is 3.95. The van der Waals surface area contributed by atoms with Crippen LogP contribution in [0.3, 0.4) is 0 Å². The van der Waals surface area contributed by atoms with E-state index in [9.17, 15) is 9.59 Å². The molecule has 3 rings (SSSR count). The van der Waals surface area contributed by atoms with Crippen molar-refractivity contribution >= 4 is 11.9 Å². The van der Waals surface area contributed by atoms with Crippen LogP contribution in [-0.2, 0) is 16.1 Å². The van der Waals surface area contributed by atoms with Gasteiger partial charge in [-0.2, -0.15) is 0 Å². The first kappa shape index (κ1) is 15.0. The first-order chi connectivity index (χ1) is 10.6. The molecule has 0 atom stereocenters. The topological polar surface area (TPSA) is 71.5 Å². The number of carbonyl (C=O) groups excluding carboxylic acids is 2. The molecular formula is C16H21N3O3. The van der Waals surface area contributed by atoms with Gasteiger partial charge in [-0.05, 0) is 31.9 Å². The van der Waals surface area contributed by atoms with Crippen molar-refractivity contribution in [1.82, 2.24) is 15.2 Å². The number of nitrogens with zero attached hydrogens (tertiary/aromatic N) is 2. The minimum Gasteiger partial charge on any atom is -0.462 e. The molecule has 1 saturated heterocycles. The standard InChI is InChI=1S/C16H21N3O3/c1-2-22-15(21)12-3-6-17-13(7-12)8-19-9-14(20)18-10-16(11-19)4-5-16/h3,6-7H,2,4-5,8-11H2,1H3,(H,18,20). The van der Waals surface area contributed by atoms with Crippen LogP contribution in [0.2, 0.25) is 0 Å². The number of carbonyl (C=O) groups is 2. The predicted octanol–water partition coefficient (Wildman–Crippen LogP) is 0.970. The van der Waals surface area contributed by atoms with Crippen molar-refractivity contribution in [3.8, 4) is 0 Å². The molecule has 0 aromatic carbocycles. The van der Waals surface area contributed by atoms with Crippen LogP contribution in [0, 0.1) is 5.41 Å². The summed E-state index contributed by atoms with van der Waals surface area (Å²) < 4.78 is 5.01. The Bertz CT molecular complexity index is 584. The summed E-state index contributed by atoms with van der Waals surface area (Å²) in [5, 5.41) is 2.98. The summed E-state index contributed by atoms with van der Waals surface area (Å²) in [5.41, 5.74) is 1.55. The summed E-state index contributed by atoms with van der Waals surface area (Å²) >= 11 is 0. The molecule has 0 unspecified atom stereocenters. The molecule has 1 amide bonds. The van der Waals surface area contributed by atoms with Crippen molar-refractivity contribution in [1.29, 1.82) is 0 Å². The van der Waals surface area contributed by atoms with E-state index in [1.807, 2.05) is 0 Å². The molecule has 6 nitrogen and oxygen atoms in total. The van der Waals surface area contributed by atoms with E-state index in [4.69, 9.17) is 4.74 Å². The quantitative estimate of drug-likeness (QED) is 0.839. The maximum atomic E-state index is 11.8. The van der Waals surface area contributed by atoms with E-state index in [0.29, 0.717) is 25.3 Å². The minimum atomic E-state index is -0.335. The molecule has 1 aromatic rings. The van der Waals surface area contributed by atoms with Gasteiger partial charge in [-0.25, -0.2) is 4.79 Å². The predicted molar refractivity (Wildman–Crippen MR) is 80.1 cm³/mol. The molecule has 2 heterocycles. The average molecular weight is 303 g/mol. The van der Waals surface area contributed by atoms with E-state index >= 15 is 0 Å². The van der Waals surface area contributed by atoms with Crippen LogP contribution in [-0.4, -0.2) is 48.0 Å². The molecule has 22 heavy (non-hydrogen) atoms. The number of aromatic nitrogens is 1. The van der Waals surface area contributed by atoms with Crippen molar-refractivity contribution in [2.75, 3.05) is 26.2 Å². The number of ether oxygens (including phenoxy) is 1. The van der Waals surface area contributed by atoms with Gasteiger partial charge in [0.05, 0.1) is 24.4 Å². The van der Waals surface area contributed by atoms with Gasteiger partial charge in [0.15, 0.2) is 0 Å². The molecule has 118 valence electrons. The van der Waals surface area contributed by atoms with Gasteiger partial charge in [-0.3, -0.25) is 14.7 Å². The van der Waals surface area contributed by atoms with E-state index in [1.54, 1.807) is 25.3 Å². The zero-order valence-electron chi connectivity index (χ0n) is 12.8. The highest BCUT2D eigenvalue weighted by Crippen LogP contribution is 2.46. The van der Waals surface area contributed by atoms with Crippen LogP contribution in [0.4, 0.5) is 0 Å². The van der Waals surface area contributed by atoms with E-state index in [2.05, 4.69) is 15.2 Å². The molecule has 2 aliphatic rings. The third-order valence-electron chi connectivity index (χ3n) is 4.26. The van der Waals surface area contributed by atoms with Crippen molar-refractivity contribution in [3.05, 3.63) is 29.6 Å². The first-order valence-corrected chi connectivity index (χ1v) is 7.71. The number of rotatable bonds is 4. The second-order valence-corrected chi connectivity index (χ2v) is 6.18. The van der Waals surface area contributed by atoms with Crippen molar-refractivity contribution in [3.63, 3.8) is 0 Å². The van der Waals surface area contributed by atoms with Gasteiger partial charge in [-0.15, -0.1) is 0 Å². The highest BCUT2D eigenvalue weighted by molar-refractivity contribution is 5.89. The third kappa shape index (κ3) is 3.44. The Balaban J connectivity index is 1.70. The lowest BCUT2D eigenvalue weighted by Gasteiger charge is -2.22. The van der Waals surface area contributed by atoms with Gasteiger partial charge >= 0.3 is 5.97 Å². The highest BCUT2D eigenvalue weighted by atomic mass is 16.5. The fourth-order valence-corrected chi connectivity index (χ4v) is 2.89. The zero-order valence-corrected chi connectivity index (χ0v) is 12.8. The fraction of sp³-hybridized carbons (Fsp3) is 0.562. The Hall–Kier alpha value is -1.95. The van der Waals surface area contributed by atoms with E-state index < -0.39 is 0 Å².